The molecule has 5 heteroatoms. The van der Waals surface area contributed by atoms with Crippen LogP contribution in [0.1, 0.15) is 28.7 Å². The first-order chi connectivity index (χ1) is 11.5. The molecule has 0 aliphatic rings. The Hall–Kier alpha value is -2.69. The lowest BCUT2D eigenvalue weighted by Gasteiger charge is -2.24. The van der Waals surface area contributed by atoms with Gasteiger partial charge in [0.25, 0.3) is 5.91 Å². The molecule has 0 aliphatic carbocycles. The van der Waals surface area contributed by atoms with Gasteiger partial charge in [-0.1, -0.05) is 18.2 Å². The highest BCUT2D eigenvalue weighted by Gasteiger charge is 2.23. The lowest BCUT2D eigenvalue weighted by Crippen LogP contribution is -2.37. The van der Waals surface area contributed by atoms with E-state index in [-0.39, 0.29) is 11.9 Å². The van der Waals surface area contributed by atoms with E-state index < -0.39 is 0 Å². The van der Waals surface area contributed by atoms with Crippen molar-refractivity contribution in [3.05, 3.63) is 59.5 Å². The van der Waals surface area contributed by atoms with E-state index in [1.165, 1.54) is 5.56 Å². The molecule has 1 aromatic carbocycles. The van der Waals surface area contributed by atoms with Crippen LogP contribution in [0.4, 0.5) is 0 Å². The Bertz CT molecular complexity index is 884. The fourth-order valence-corrected chi connectivity index (χ4v) is 2.89. The van der Waals surface area contributed by atoms with E-state index in [4.69, 9.17) is 0 Å². The first-order valence-electron chi connectivity index (χ1n) is 8.08. The topological polar surface area (TPSA) is 51.0 Å². The molecular formula is C19H22N4O. The first-order valence-corrected chi connectivity index (χ1v) is 8.08. The molecule has 0 fully saturated rings. The van der Waals surface area contributed by atoms with Gasteiger partial charge in [0.1, 0.15) is 0 Å². The third-order valence-corrected chi connectivity index (χ3v) is 4.42. The molecule has 24 heavy (non-hydrogen) atoms. The van der Waals surface area contributed by atoms with Crippen LogP contribution in [-0.4, -0.2) is 38.7 Å². The van der Waals surface area contributed by atoms with Gasteiger partial charge >= 0.3 is 0 Å². The quantitative estimate of drug-likeness (QED) is 0.742. The Morgan fingerprint density at radius 2 is 2.04 bits per heavy atom. The van der Waals surface area contributed by atoms with E-state index in [1.54, 1.807) is 9.58 Å². The van der Waals surface area contributed by atoms with Crippen LogP contribution in [0.5, 0.6) is 0 Å². The van der Waals surface area contributed by atoms with Crippen molar-refractivity contribution in [2.45, 2.75) is 26.3 Å². The van der Waals surface area contributed by atoms with Crippen LogP contribution in [0, 0.1) is 6.92 Å². The number of carbonyl (C=O) groups is 1. The van der Waals surface area contributed by atoms with Crippen molar-refractivity contribution in [2.24, 2.45) is 7.05 Å². The number of rotatable bonds is 4. The average molecular weight is 322 g/mol. The minimum absolute atomic E-state index is 0.0348. The van der Waals surface area contributed by atoms with Crippen molar-refractivity contribution in [2.75, 3.05) is 7.05 Å². The number of para-hydroxylation sites is 1. The van der Waals surface area contributed by atoms with Crippen LogP contribution < -0.4 is 0 Å². The van der Waals surface area contributed by atoms with Gasteiger partial charge < -0.3 is 4.90 Å². The highest BCUT2D eigenvalue weighted by molar-refractivity contribution is 6.04. The molecular weight excluding hydrogens is 300 g/mol. The zero-order chi connectivity index (χ0) is 17.3. The number of amides is 1. The molecule has 0 N–H and O–H groups in total. The van der Waals surface area contributed by atoms with Crippen molar-refractivity contribution >= 4 is 16.8 Å². The summed E-state index contributed by atoms with van der Waals surface area (Å²) in [6, 6.07) is 11.9. The van der Waals surface area contributed by atoms with Crippen molar-refractivity contribution < 1.29 is 4.79 Å². The molecule has 2 heterocycles. The number of hydrogen-bond donors (Lipinski definition) is 0. The SMILES string of the molecule is Cc1ccnc(C[C@H](C)N(C)C(=O)c2nn(C)c3ccccc23)c1. The predicted octanol–water partition coefficient (Wildman–Crippen LogP) is 2.98. The van der Waals surface area contributed by atoms with E-state index in [9.17, 15) is 4.79 Å². The lowest BCUT2D eigenvalue weighted by atomic mass is 10.1. The standard InChI is InChI=1S/C19H22N4O/c1-13-9-10-20-15(11-13)12-14(2)22(3)19(24)18-16-7-5-6-8-17(16)23(4)21-18/h5-11,14H,12H2,1-4H3/t14-/m0/s1. The Labute approximate surface area is 141 Å². The van der Waals surface area contributed by atoms with Crippen molar-refractivity contribution in [3.63, 3.8) is 0 Å². The van der Waals surface area contributed by atoms with E-state index >= 15 is 0 Å². The zero-order valence-corrected chi connectivity index (χ0v) is 14.5. The van der Waals surface area contributed by atoms with Crippen LogP contribution >= 0.6 is 0 Å². The first kappa shape index (κ1) is 16.2. The minimum Gasteiger partial charge on any atom is -0.337 e. The third kappa shape index (κ3) is 3.02. The van der Waals surface area contributed by atoms with Gasteiger partial charge in [0.2, 0.25) is 0 Å². The Morgan fingerprint density at radius 1 is 1.29 bits per heavy atom. The Morgan fingerprint density at radius 3 is 2.79 bits per heavy atom. The zero-order valence-electron chi connectivity index (χ0n) is 14.5. The van der Waals surface area contributed by atoms with Crippen molar-refractivity contribution in [3.8, 4) is 0 Å². The van der Waals surface area contributed by atoms with E-state index in [2.05, 4.69) is 16.1 Å². The van der Waals surface area contributed by atoms with Crippen LogP contribution in [0.15, 0.2) is 42.6 Å². The number of hydrogen-bond acceptors (Lipinski definition) is 3. The second kappa shape index (κ2) is 6.43. The maximum Gasteiger partial charge on any atom is 0.274 e. The Kier molecular flexibility index (Phi) is 4.34. The van der Waals surface area contributed by atoms with Crippen molar-refractivity contribution in [1.82, 2.24) is 19.7 Å². The fraction of sp³-hybridized carbons (Fsp3) is 0.316. The molecule has 0 spiro atoms. The van der Waals surface area contributed by atoms with E-state index in [0.717, 1.165) is 16.6 Å². The summed E-state index contributed by atoms with van der Waals surface area (Å²) in [6.07, 6.45) is 2.53. The number of likely N-dealkylation sites (N-methyl/N-ethyl adjacent to an activating group) is 1. The predicted molar refractivity (Wildman–Crippen MR) is 94.9 cm³/mol. The second-order valence-corrected chi connectivity index (χ2v) is 6.28. The third-order valence-electron chi connectivity index (χ3n) is 4.42. The summed E-state index contributed by atoms with van der Waals surface area (Å²) in [7, 11) is 3.69. The normalized spacial score (nSPS) is 12.3. The maximum absolute atomic E-state index is 12.9. The molecule has 1 amide bonds. The molecule has 0 saturated heterocycles. The van der Waals surface area contributed by atoms with Gasteiger partial charge in [-0.05, 0) is 37.6 Å². The highest BCUT2D eigenvalue weighted by atomic mass is 16.2. The molecule has 0 unspecified atom stereocenters. The molecule has 1 atom stereocenters. The van der Waals surface area contributed by atoms with Gasteiger partial charge in [-0.2, -0.15) is 5.10 Å². The van der Waals surface area contributed by atoms with Gasteiger partial charge in [0.05, 0.1) is 5.52 Å². The number of aromatic nitrogens is 3. The van der Waals surface area contributed by atoms with Crippen molar-refractivity contribution in [1.29, 1.82) is 0 Å². The highest BCUT2D eigenvalue weighted by Crippen LogP contribution is 2.20. The largest absolute Gasteiger partial charge is 0.337 e. The molecule has 0 aliphatic heterocycles. The molecule has 124 valence electrons. The number of fused-ring (bicyclic) bond motifs is 1. The van der Waals surface area contributed by atoms with Gasteiger partial charge in [-0.25, -0.2) is 0 Å². The van der Waals surface area contributed by atoms with Crippen LogP contribution in [0.25, 0.3) is 10.9 Å². The number of carbonyl (C=O) groups excluding carboxylic acids is 1. The molecule has 3 rings (SSSR count). The number of benzene rings is 1. The summed E-state index contributed by atoms with van der Waals surface area (Å²) in [5, 5.41) is 5.31. The van der Waals surface area contributed by atoms with E-state index in [1.807, 2.05) is 64.5 Å². The molecule has 3 aromatic rings. The average Bonchev–Trinajstić information content (AvgIpc) is 2.91. The molecule has 0 saturated carbocycles. The smallest absolute Gasteiger partial charge is 0.274 e. The molecule has 2 aromatic heterocycles. The van der Waals surface area contributed by atoms with Gasteiger partial charge in [0.15, 0.2) is 5.69 Å². The summed E-state index contributed by atoms with van der Waals surface area (Å²) < 4.78 is 1.75. The summed E-state index contributed by atoms with van der Waals surface area (Å²) >= 11 is 0. The maximum atomic E-state index is 12.9. The lowest BCUT2D eigenvalue weighted by molar-refractivity contribution is 0.0738. The second-order valence-electron chi connectivity index (χ2n) is 6.28. The summed E-state index contributed by atoms with van der Waals surface area (Å²) in [4.78, 5) is 19.0. The molecule has 0 bridgehead atoms. The minimum atomic E-state index is -0.0630. The molecule has 0 radical (unpaired) electrons. The summed E-state index contributed by atoms with van der Waals surface area (Å²) in [5.74, 6) is -0.0630. The van der Waals surface area contributed by atoms with Crippen LogP contribution in [0.3, 0.4) is 0 Å². The summed E-state index contributed by atoms with van der Waals surface area (Å²) in [5.41, 5.74) is 3.63. The van der Waals surface area contributed by atoms with Gasteiger partial charge in [-0.3, -0.25) is 14.5 Å². The monoisotopic (exact) mass is 322 g/mol. The van der Waals surface area contributed by atoms with E-state index in [0.29, 0.717) is 12.1 Å². The van der Waals surface area contributed by atoms with Crippen LogP contribution in [0.2, 0.25) is 0 Å². The van der Waals surface area contributed by atoms with Gasteiger partial charge in [0, 0.05) is 43.8 Å². The van der Waals surface area contributed by atoms with Crippen LogP contribution in [-0.2, 0) is 13.5 Å². The Balaban J connectivity index is 1.83. The molecule has 5 nitrogen and oxygen atoms in total. The number of nitrogens with zero attached hydrogens (tertiary/aromatic N) is 4. The number of pyridine rings is 1. The van der Waals surface area contributed by atoms with Gasteiger partial charge in [-0.15, -0.1) is 0 Å². The fourth-order valence-electron chi connectivity index (χ4n) is 2.89. The number of aryl methyl sites for hydroxylation is 2. The summed E-state index contributed by atoms with van der Waals surface area (Å²) in [6.45, 7) is 4.08.